The molecule has 2 rings (SSSR count). The van der Waals surface area contributed by atoms with Crippen molar-refractivity contribution in [1.82, 2.24) is 0 Å². The molecule has 14 heavy (non-hydrogen) atoms. The second kappa shape index (κ2) is 3.65. The highest BCUT2D eigenvalue weighted by atomic mass is 32.1. The summed E-state index contributed by atoms with van der Waals surface area (Å²) in [6.45, 7) is 2.43. The summed E-state index contributed by atoms with van der Waals surface area (Å²) >= 11 is 4.29. The lowest BCUT2D eigenvalue weighted by molar-refractivity contribution is -0.116. The van der Waals surface area contributed by atoms with Crippen molar-refractivity contribution in [2.24, 2.45) is 0 Å². The summed E-state index contributed by atoms with van der Waals surface area (Å²) in [5.41, 5.74) is 3.61. The number of amides is 1. The van der Waals surface area contributed by atoms with Gasteiger partial charge in [-0.05, 0) is 23.6 Å². The van der Waals surface area contributed by atoms with E-state index >= 15 is 0 Å². The molecule has 1 aromatic rings. The third kappa shape index (κ3) is 1.42. The molecule has 1 amide bonds. The average molecular weight is 207 g/mol. The summed E-state index contributed by atoms with van der Waals surface area (Å²) in [5, 5.41) is 0. The lowest BCUT2D eigenvalue weighted by Crippen LogP contribution is -2.25. The number of anilines is 1. The molecule has 0 aromatic heterocycles. The molecule has 1 aliphatic rings. The van der Waals surface area contributed by atoms with E-state index in [0.29, 0.717) is 0 Å². The van der Waals surface area contributed by atoms with Gasteiger partial charge in [0.15, 0.2) is 0 Å². The van der Waals surface area contributed by atoms with Crippen molar-refractivity contribution in [1.29, 1.82) is 0 Å². The van der Waals surface area contributed by atoms with Crippen LogP contribution in [-0.2, 0) is 17.0 Å². The van der Waals surface area contributed by atoms with Crippen molar-refractivity contribution >= 4 is 24.2 Å². The highest BCUT2D eigenvalue weighted by Crippen LogP contribution is 2.31. The van der Waals surface area contributed by atoms with E-state index in [4.69, 9.17) is 0 Å². The van der Waals surface area contributed by atoms with Gasteiger partial charge in [0.05, 0.1) is 0 Å². The SMILES string of the molecule is CC(=O)N1CCc2c(CS)cccc21. The molecule has 1 heterocycles. The second-order valence-corrected chi connectivity index (χ2v) is 3.81. The van der Waals surface area contributed by atoms with Gasteiger partial charge in [-0.2, -0.15) is 12.6 Å². The highest BCUT2D eigenvalue weighted by Gasteiger charge is 2.23. The van der Waals surface area contributed by atoms with Gasteiger partial charge in [0.1, 0.15) is 0 Å². The Morgan fingerprint density at radius 3 is 3.00 bits per heavy atom. The Morgan fingerprint density at radius 1 is 1.57 bits per heavy atom. The van der Waals surface area contributed by atoms with Crippen LogP contribution >= 0.6 is 12.6 Å². The standard InChI is InChI=1S/C11H13NOS/c1-8(13)12-6-5-10-9(7-14)3-2-4-11(10)12/h2-4,14H,5-7H2,1H3. The number of nitrogens with zero attached hydrogens (tertiary/aromatic N) is 1. The van der Waals surface area contributed by atoms with E-state index in [-0.39, 0.29) is 5.91 Å². The van der Waals surface area contributed by atoms with E-state index in [0.717, 1.165) is 24.4 Å². The van der Waals surface area contributed by atoms with Gasteiger partial charge in [-0.1, -0.05) is 12.1 Å². The van der Waals surface area contributed by atoms with Gasteiger partial charge in [-0.3, -0.25) is 4.79 Å². The predicted molar refractivity (Wildman–Crippen MR) is 60.9 cm³/mol. The van der Waals surface area contributed by atoms with E-state index in [1.807, 2.05) is 17.0 Å². The van der Waals surface area contributed by atoms with Crippen LogP contribution in [0, 0.1) is 0 Å². The number of carbonyl (C=O) groups is 1. The predicted octanol–water partition coefficient (Wildman–Crippen LogP) is 2.03. The molecule has 0 atom stereocenters. The lowest BCUT2D eigenvalue weighted by Gasteiger charge is -2.14. The first-order chi connectivity index (χ1) is 6.74. The molecular formula is C11H13NOS. The number of benzene rings is 1. The van der Waals surface area contributed by atoms with Crippen LogP contribution in [-0.4, -0.2) is 12.5 Å². The van der Waals surface area contributed by atoms with Gasteiger partial charge in [-0.15, -0.1) is 0 Å². The number of hydrogen-bond donors (Lipinski definition) is 1. The van der Waals surface area contributed by atoms with Gasteiger partial charge >= 0.3 is 0 Å². The Bertz CT molecular complexity index is 376. The van der Waals surface area contributed by atoms with Crippen molar-refractivity contribution < 1.29 is 4.79 Å². The van der Waals surface area contributed by atoms with Crippen LogP contribution in [0.3, 0.4) is 0 Å². The fourth-order valence-electron chi connectivity index (χ4n) is 1.98. The number of carbonyl (C=O) groups excluding carboxylic acids is 1. The van der Waals surface area contributed by atoms with Crippen LogP contribution in [0.1, 0.15) is 18.1 Å². The van der Waals surface area contributed by atoms with E-state index in [1.165, 1.54) is 11.1 Å². The fourth-order valence-corrected chi connectivity index (χ4v) is 2.28. The zero-order chi connectivity index (χ0) is 10.1. The van der Waals surface area contributed by atoms with Crippen molar-refractivity contribution in [2.75, 3.05) is 11.4 Å². The van der Waals surface area contributed by atoms with Crippen LogP contribution in [0.25, 0.3) is 0 Å². The molecule has 0 saturated heterocycles. The summed E-state index contributed by atoms with van der Waals surface area (Å²) in [5.74, 6) is 0.870. The van der Waals surface area contributed by atoms with Crippen molar-refractivity contribution in [3.63, 3.8) is 0 Å². The quantitative estimate of drug-likeness (QED) is 0.699. The topological polar surface area (TPSA) is 20.3 Å². The molecule has 1 aromatic carbocycles. The monoisotopic (exact) mass is 207 g/mol. The third-order valence-electron chi connectivity index (χ3n) is 2.67. The largest absolute Gasteiger partial charge is 0.312 e. The summed E-state index contributed by atoms with van der Waals surface area (Å²) in [7, 11) is 0. The zero-order valence-corrected chi connectivity index (χ0v) is 9.05. The Morgan fingerprint density at radius 2 is 2.36 bits per heavy atom. The Labute approximate surface area is 89.3 Å². The Kier molecular flexibility index (Phi) is 2.50. The van der Waals surface area contributed by atoms with Crippen LogP contribution in [0.4, 0.5) is 5.69 Å². The Balaban J connectivity index is 2.46. The zero-order valence-electron chi connectivity index (χ0n) is 8.16. The van der Waals surface area contributed by atoms with E-state index in [9.17, 15) is 4.79 Å². The van der Waals surface area contributed by atoms with E-state index < -0.39 is 0 Å². The maximum absolute atomic E-state index is 11.3. The molecule has 0 unspecified atom stereocenters. The van der Waals surface area contributed by atoms with Gasteiger partial charge in [0.2, 0.25) is 5.91 Å². The number of rotatable bonds is 1. The fraction of sp³-hybridized carbons (Fsp3) is 0.364. The van der Waals surface area contributed by atoms with Crippen molar-refractivity contribution in [3.05, 3.63) is 29.3 Å². The molecule has 2 nitrogen and oxygen atoms in total. The Hall–Kier alpha value is -0.960. The minimum atomic E-state index is 0.125. The maximum Gasteiger partial charge on any atom is 0.223 e. The first-order valence-corrected chi connectivity index (χ1v) is 5.37. The highest BCUT2D eigenvalue weighted by molar-refractivity contribution is 7.79. The molecule has 0 fully saturated rings. The van der Waals surface area contributed by atoms with Gasteiger partial charge in [-0.25, -0.2) is 0 Å². The van der Waals surface area contributed by atoms with Crippen LogP contribution in [0.2, 0.25) is 0 Å². The second-order valence-electron chi connectivity index (χ2n) is 3.49. The summed E-state index contributed by atoms with van der Waals surface area (Å²) in [4.78, 5) is 13.2. The van der Waals surface area contributed by atoms with Crippen LogP contribution in [0.15, 0.2) is 18.2 Å². The molecule has 0 radical (unpaired) electrons. The molecule has 1 aliphatic heterocycles. The summed E-state index contributed by atoms with van der Waals surface area (Å²) in [6, 6.07) is 6.08. The smallest absolute Gasteiger partial charge is 0.223 e. The third-order valence-corrected chi connectivity index (χ3v) is 3.02. The average Bonchev–Trinajstić information content (AvgIpc) is 2.60. The first kappa shape index (κ1) is 9.59. The molecule has 3 heteroatoms. The molecule has 0 bridgehead atoms. The van der Waals surface area contributed by atoms with Crippen LogP contribution < -0.4 is 4.90 Å². The lowest BCUT2D eigenvalue weighted by atomic mass is 10.1. The summed E-state index contributed by atoms with van der Waals surface area (Å²) < 4.78 is 0. The first-order valence-electron chi connectivity index (χ1n) is 4.73. The minimum Gasteiger partial charge on any atom is -0.312 e. The van der Waals surface area contributed by atoms with Gasteiger partial charge in [0, 0.05) is 24.9 Å². The van der Waals surface area contributed by atoms with Crippen molar-refractivity contribution in [3.8, 4) is 0 Å². The van der Waals surface area contributed by atoms with Crippen LogP contribution in [0.5, 0.6) is 0 Å². The molecule has 0 N–H and O–H groups in total. The normalized spacial score (nSPS) is 14.3. The number of fused-ring (bicyclic) bond motifs is 1. The van der Waals surface area contributed by atoms with Crippen molar-refractivity contribution in [2.45, 2.75) is 19.1 Å². The molecule has 74 valence electrons. The number of thiol groups is 1. The van der Waals surface area contributed by atoms with E-state index in [2.05, 4.69) is 18.7 Å². The summed E-state index contributed by atoms with van der Waals surface area (Å²) in [6.07, 6.45) is 0.964. The molecule has 0 aliphatic carbocycles. The minimum absolute atomic E-state index is 0.125. The van der Waals surface area contributed by atoms with E-state index in [1.54, 1.807) is 6.92 Å². The molecule has 0 spiro atoms. The van der Waals surface area contributed by atoms with Gasteiger partial charge in [0.25, 0.3) is 0 Å². The van der Waals surface area contributed by atoms with Gasteiger partial charge < -0.3 is 4.90 Å². The molecule has 0 saturated carbocycles. The maximum atomic E-state index is 11.3. The number of hydrogen-bond acceptors (Lipinski definition) is 2. The molecular weight excluding hydrogens is 194 g/mol.